The summed E-state index contributed by atoms with van der Waals surface area (Å²) >= 11 is 0. The van der Waals surface area contributed by atoms with Crippen molar-refractivity contribution in [1.82, 2.24) is 0 Å². The van der Waals surface area contributed by atoms with Crippen LogP contribution < -0.4 is 0 Å². The molecule has 2 N–H and O–H groups in total. The number of aliphatic hydroxyl groups excluding tert-OH is 1. The number of aliphatic hydroxyl groups is 2. The van der Waals surface area contributed by atoms with Crippen molar-refractivity contribution in [3.8, 4) is 12.3 Å². The standard InChI is InChI=1S/C21H28O2/c1-4-21(23)12-9-18-16-6-5-14-13-15(22)7-10-19(14,2)17(16)8-11-20(18,21)3/h1,7,10,14-15,17,22-23H,5-6,8-9,11-13H2,2-3H3/t14?,15-,17?,19-,20-,21-/m0/s1. The number of hydrogen-bond acceptors (Lipinski definition) is 2. The SMILES string of the molecule is C#C[C@]1(O)CCC2=C3CCC4C[C@@H](O)C=C[C@]4(C)C3CC[C@@]21C. The molecule has 6 atom stereocenters. The molecule has 0 aromatic rings. The molecule has 0 saturated heterocycles. The molecule has 2 unspecified atom stereocenters. The molecule has 0 aromatic heterocycles. The third kappa shape index (κ3) is 1.84. The van der Waals surface area contributed by atoms with Gasteiger partial charge in [-0.05, 0) is 62.2 Å². The first-order chi connectivity index (χ1) is 10.8. The predicted octanol–water partition coefficient (Wildman–Crippen LogP) is 3.59. The lowest BCUT2D eigenvalue weighted by atomic mass is 9.50. The monoisotopic (exact) mass is 312 g/mol. The molecular formula is C21H28O2. The summed E-state index contributed by atoms with van der Waals surface area (Å²) in [7, 11) is 0. The summed E-state index contributed by atoms with van der Waals surface area (Å²) in [6.07, 6.45) is 16.7. The quantitative estimate of drug-likeness (QED) is 0.530. The zero-order valence-electron chi connectivity index (χ0n) is 14.3. The highest BCUT2D eigenvalue weighted by Gasteiger charge is 2.58. The highest BCUT2D eigenvalue weighted by atomic mass is 16.3. The average molecular weight is 312 g/mol. The number of hydrogen-bond donors (Lipinski definition) is 2. The fourth-order valence-electron chi connectivity index (χ4n) is 6.28. The van der Waals surface area contributed by atoms with Crippen molar-refractivity contribution in [2.45, 2.75) is 70.5 Å². The highest BCUT2D eigenvalue weighted by molar-refractivity contribution is 5.42. The molecule has 0 heterocycles. The fraction of sp³-hybridized carbons (Fsp3) is 0.714. The van der Waals surface area contributed by atoms with Crippen molar-refractivity contribution in [1.29, 1.82) is 0 Å². The second kappa shape index (κ2) is 4.74. The second-order valence-corrected chi connectivity index (χ2v) is 8.70. The van der Waals surface area contributed by atoms with Crippen LogP contribution >= 0.6 is 0 Å². The van der Waals surface area contributed by atoms with Gasteiger partial charge in [-0.25, -0.2) is 0 Å². The maximum absolute atomic E-state index is 11.0. The normalized spacial score (nSPS) is 51.7. The Morgan fingerprint density at radius 2 is 2.00 bits per heavy atom. The minimum atomic E-state index is -0.962. The third-order valence-electron chi connectivity index (χ3n) is 7.89. The minimum Gasteiger partial charge on any atom is -0.389 e. The third-order valence-corrected chi connectivity index (χ3v) is 7.89. The van der Waals surface area contributed by atoms with Gasteiger partial charge in [0, 0.05) is 5.41 Å². The Morgan fingerprint density at radius 3 is 2.74 bits per heavy atom. The van der Waals surface area contributed by atoms with Gasteiger partial charge in [0.15, 0.2) is 0 Å². The van der Waals surface area contributed by atoms with Gasteiger partial charge < -0.3 is 10.2 Å². The van der Waals surface area contributed by atoms with Crippen molar-refractivity contribution in [3.63, 3.8) is 0 Å². The van der Waals surface area contributed by atoms with Gasteiger partial charge in [0.1, 0.15) is 5.60 Å². The number of fused-ring (bicyclic) bond motifs is 4. The molecule has 4 rings (SSSR count). The summed E-state index contributed by atoms with van der Waals surface area (Å²) in [4.78, 5) is 0. The Labute approximate surface area is 139 Å². The molecular weight excluding hydrogens is 284 g/mol. The lowest BCUT2D eigenvalue weighted by Crippen LogP contribution is -2.49. The molecule has 4 aliphatic carbocycles. The summed E-state index contributed by atoms with van der Waals surface area (Å²) in [6, 6.07) is 0. The van der Waals surface area contributed by atoms with E-state index in [4.69, 9.17) is 6.42 Å². The fourth-order valence-corrected chi connectivity index (χ4v) is 6.28. The van der Waals surface area contributed by atoms with Gasteiger partial charge in [-0.15, -0.1) is 6.42 Å². The average Bonchev–Trinajstić information content (AvgIpc) is 2.80. The summed E-state index contributed by atoms with van der Waals surface area (Å²) < 4.78 is 0. The van der Waals surface area contributed by atoms with E-state index in [1.165, 1.54) is 5.57 Å². The van der Waals surface area contributed by atoms with E-state index in [0.29, 0.717) is 18.3 Å². The first-order valence-electron chi connectivity index (χ1n) is 9.14. The van der Waals surface area contributed by atoms with Crippen LogP contribution in [-0.2, 0) is 0 Å². The van der Waals surface area contributed by atoms with Gasteiger partial charge in [0.25, 0.3) is 0 Å². The molecule has 2 saturated carbocycles. The van der Waals surface area contributed by atoms with Crippen LogP contribution in [0.15, 0.2) is 23.3 Å². The lowest BCUT2D eigenvalue weighted by molar-refractivity contribution is -0.0106. The lowest BCUT2D eigenvalue weighted by Gasteiger charge is -2.54. The Morgan fingerprint density at radius 1 is 1.22 bits per heavy atom. The first kappa shape index (κ1) is 15.5. The van der Waals surface area contributed by atoms with Crippen LogP contribution in [0.25, 0.3) is 0 Å². The van der Waals surface area contributed by atoms with E-state index in [-0.39, 0.29) is 16.9 Å². The van der Waals surface area contributed by atoms with E-state index >= 15 is 0 Å². The van der Waals surface area contributed by atoms with E-state index in [1.54, 1.807) is 5.57 Å². The maximum Gasteiger partial charge on any atom is 0.134 e. The molecule has 0 aromatic carbocycles. The molecule has 0 aliphatic heterocycles. The minimum absolute atomic E-state index is 0.165. The van der Waals surface area contributed by atoms with Gasteiger partial charge in [0.2, 0.25) is 0 Å². The predicted molar refractivity (Wildman–Crippen MR) is 91.5 cm³/mol. The van der Waals surface area contributed by atoms with Crippen LogP contribution in [0.3, 0.4) is 0 Å². The molecule has 23 heavy (non-hydrogen) atoms. The van der Waals surface area contributed by atoms with Crippen LogP contribution in [-0.4, -0.2) is 21.9 Å². The Bertz CT molecular complexity index is 639. The second-order valence-electron chi connectivity index (χ2n) is 8.70. The van der Waals surface area contributed by atoms with Crippen molar-refractivity contribution in [3.05, 3.63) is 23.3 Å². The smallest absolute Gasteiger partial charge is 0.134 e. The molecule has 0 amide bonds. The van der Waals surface area contributed by atoms with E-state index in [9.17, 15) is 10.2 Å². The largest absolute Gasteiger partial charge is 0.389 e. The first-order valence-corrected chi connectivity index (χ1v) is 9.14. The van der Waals surface area contributed by atoms with E-state index < -0.39 is 5.60 Å². The molecule has 2 fully saturated rings. The Balaban J connectivity index is 1.80. The van der Waals surface area contributed by atoms with E-state index in [0.717, 1.165) is 38.5 Å². The summed E-state index contributed by atoms with van der Waals surface area (Å²) in [5.41, 5.74) is 2.03. The van der Waals surface area contributed by atoms with Crippen LogP contribution in [0.2, 0.25) is 0 Å². The van der Waals surface area contributed by atoms with Gasteiger partial charge >= 0.3 is 0 Å². The van der Waals surface area contributed by atoms with Gasteiger partial charge in [-0.1, -0.05) is 43.1 Å². The molecule has 2 nitrogen and oxygen atoms in total. The van der Waals surface area contributed by atoms with Crippen LogP contribution in [0.5, 0.6) is 0 Å². The van der Waals surface area contributed by atoms with Crippen LogP contribution in [0.1, 0.15) is 58.8 Å². The summed E-state index contributed by atoms with van der Waals surface area (Å²) in [5, 5.41) is 21.0. The molecule has 4 aliphatic rings. The van der Waals surface area contributed by atoms with Gasteiger partial charge in [0.05, 0.1) is 6.10 Å². The zero-order chi connectivity index (χ0) is 16.5. The Hall–Kier alpha value is -1.04. The van der Waals surface area contributed by atoms with Gasteiger partial charge in [-0.2, -0.15) is 0 Å². The van der Waals surface area contributed by atoms with E-state index in [2.05, 4.69) is 25.8 Å². The number of rotatable bonds is 0. The molecule has 0 bridgehead atoms. The van der Waals surface area contributed by atoms with E-state index in [1.807, 2.05) is 6.08 Å². The van der Waals surface area contributed by atoms with Crippen molar-refractivity contribution in [2.75, 3.05) is 0 Å². The van der Waals surface area contributed by atoms with Crippen molar-refractivity contribution < 1.29 is 10.2 Å². The zero-order valence-corrected chi connectivity index (χ0v) is 14.3. The van der Waals surface area contributed by atoms with Crippen molar-refractivity contribution >= 4 is 0 Å². The van der Waals surface area contributed by atoms with Crippen LogP contribution in [0.4, 0.5) is 0 Å². The number of terminal acetylenes is 1. The van der Waals surface area contributed by atoms with Crippen molar-refractivity contribution in [2.24, 2.45) is 22.7 Å². The summed E-state index contributed by atoms with van der Waals surface area (Å²) in [6.45, 7) is 4.57. The van der Waals surface area contributed by atoms with Gasteiger partial charge in [-0.3, -0.25) is 0 Å². The molecule has 2 heteroatoms. The molecule has 124 valence electrons. The highest BCUT2D eigenvalue weighted by Crippen LogP contribution is 2.64. The number of allylic oxidation sites excluding steroid dienone is 2. The molecule has 0 radical (unpaired) electrons. The summed E-state index contributed by atoms with van der Waals surface area (Å²) in [5.74, 6) is 3.86. The Kier molecular flexibility index (Phi) is 3.19. The topological polar surface area (TPSA) is 40.5 Å². The maximum atomic E-state index is 11.0. The molecule has 0 spiro atoms. The van der Waals surface area contributed by atoms with Crippen LogP contribution in [0, 0.1) is 35.0 Å².